The van der Waals surface area contributed by atoms with Crippen LogP contribution in [0.3, 0.4) is 0 Å². The standard InChI is InChI=1S/C9H10BrN3OS/c10-8-1-2-9(15-8)14-7-5-12-13(6-7)4-3-11/h1-2,5-6H,3-4,11H2. The van der Waals surface area contributed by atoms with Gasteiger partial charge in [-0.1, -0.05) is 11.3 Å². The number of ether oxygens (including phenoxy) is 1. The van der Waals surface area contributed by atoms with E-state index in [1.54, 1.807) is 10.9 Å². The smallest absolute Gasteiger partial charge is 0.182 e. The Hall–Kier alpha value is -0.850. The molecule has 0 spiro atoms. The molecule has 6 heteroatoms. The average molecular weight is 288 g/mol. The summed E-state index contributed by atoms with van der Waals surface area (Å²) < 4.78 is 8.40. The number of aromatic nitrogens is 2. The minimum absolute atomic E-state index is 0.575. The van der Waals surface area contributed by atoms with Crippen molar-refractivity contribution in [3.05, 3.63) is 28.3 Å². The van der Waals surface area contributed by atoms with Crippen LogP contribution in [0.5, 0.6) is 10.8 Å². The zero-order chi connectivity index (χ0) is 10.7. The maximum absolute atomic E-state index is 5.59. The second-order valence-corrected chi connectivity index (χ2v) is 5.31. The van der Waals surface area contributed by atoms with Gasteiger partial charge in [0.1, 0.15) is 0 Å². The Balaban J connectivity index is 2.04. The molecule has 2 aromatic rings. The molecule has 0 fully saturated rings. The van der Waals surface area contributed by atoms with Gasteiger partial charge in [0.2, 0.25) is 0 Å². The van der Waals surface area contributed by atoms with Crippen LogP contribution in [0.25, 0.3) is 0 Å². The van der Waals surface area contributed by atoms with Crippen molar-refractivity contribution in [2.24, 2.45) is 5.73 Å². The van der Waals surface area contributed by atoms with E-state index in [-0.39, 0.29) is 0 Å². The molecule has 0 aliphatic heterocycles. The molecule has 0 unspecified atom stereocenters. The summed E-state index contributed by atoms with van der Waals surface area (Å²) in [6.07, 6.45) is 3.52. The van der Waals surface area contributed by atoms with E-state index >= 15 is 0 Å². The molecule has 2 heterocycles. The van der Waals surface area contributed by atoms with E-state index in [4.69, 9.17) is 10.5 Å². The predicted molar refractivity (Wildman–Crippen MR) is 63.4 cm³/mol. The third-order valence-corrected chi connectivity index (χ3v) is 3.24. The van der Waals surface area contributed by atoms with Crippen LogP contribution < -0.4 is 10.5 Å². The number of rotatable bonds is 4. The molecule has 0 saturated carbocycles. The molecular weight excluding hydrogens is 278 g/mol. The van der Waals surface area contributed by atoms with Gasteiger partial charge in [-0.2, -0.15) is 5.10 Å². The van der Waals surface area contributed by atoms with E-state index < -0.39 is 0 Å². The van der Waals surface area contributed by atoms with Crippen molar-refractivity contribution >= 4 is 27.3 Å². The Morgan fingerprint density at radius 1 is 1.53 bits per heavy atom. The minimum atomic E-state index is 0.575. The first-order valence-corrected chi connectivity index (χ1v) is 6.04. The lowest BCUT2D eigenvalue weighted by Crippen LogP contribution is -2.09. The Bertz CT molecular complexity index is 440. The molecule has 0 amide bonds. The van der Waals surface area contributed by atoms with Crippen molar-refractivity contribution in [3.8, 4) is 10.8 Å². The van der Waals surface area contributed by atoms with Gasteiger partial charge in [-0.05, 0) is 28.1 Å². The van der Waals surface area contributed by atoms with Crippen molar-refractivity contribution in [2.45, 2.75) is 6.54 Å². The first-order chi connectivity index (χ1) is 7.28. The number of halogens is 1. The van der Waals surface area contributed by atoms with Gasteiger partial charge < -0.3 is 10.5 Å². The fourth-order valence-electron chi connectivity index (χ4n) is 1.12. The van der Waals surface area contributed by atoms with Crippen LogP contribution in [-0.2, 0) is 6.54 Å². The van der Waals surface area contributed by atoms with Crippen LogP contribution >= 0.6 is 27.3 Å². The Kier molecular flexibility index (Phi) is 3.40. The Morgan fingerprint density at radius 3 is 3.07 bits per heavy atom. The van der Waals surface area contributed by atoms with E-state index in [2.05, 4.69) is 21.0 Å². The first-order valence-electron chi connectivity index (χ1n) is 4.43. The lowest BCUT2D eigenvalue weighted by Gasteiger charge is -1.97. The summed E-state index contributed by atoms with van der Waals surface area (Å²) in [4.78, 5) is 0. The van der Waals surface area contributed by atoms with Gasteiger partial charge in [-0.25, -0.2) is 0 Å². The summed E-state index contributed by atoms with van der Waals surface area (Å²) in [6.45, 7) is 1.28. The molecule has 0 atom stereocenters. The highest BCUT2D eigenvalue weighted by molar-refractivity contribution is 9.11. The topological polar surface area (TPSA) is 53.1 Å². The van der Waals surface area contributed by atoms with Crippen molar-refractivity contribution in [1.29, 1.82) is 0 Å². The van der Waals surface area contributed by atoms with Crippen molar-refractivity contribution in [3.63, 3.8) is 0 Å². The third kappa shape index (κ3) is 2.80. The molecule has 15 heavy (non-hydrogen) atoms. The van der Waals surface area contributed by atoms with Gasteiger partial charge >= 0.3 is 0 Å². The number of thiophene rings is 1. The summed E-state index contributed by atoms with van der Waals surface area (Å²) in [7, 11) is 0. The van der Waals surface area contributed by atoms with Crippen molar-refractivity contribution in [2.75, 3.05) is 6.54 Å². The van der Waals surface area contributed by atoms with Gasteiger partial charge in [-0.3, -0.25) is 4.68 Å². The quantitative estimate of drug-likeness (QED) is 0.940. The van der Waals surface area contributed by atoms with E-state index in [1.165, 1.54) is 11.3 Å². The summed E-state index contributed by atoms with van der Waals surface area (Å²) in [6, 6.07) is 3.86. The van der Waals surface area contributed by atoms with E-state index in [0.29, 0.717) is 13.1 Å². The van der Waals surface area contributed by atoms with Gasteiger partial charge in [0.15, 0.2) is 10.8 Å². The normalized spacial score (nSPS) is 10.5. The van der Waals surface area contributed by atoms with Crippen LogP contribution in [0.1, 0.15) is 0 Å². The van der Waals surface area contributed by atoms with Crippen LogP contribution in [0.15, 0.2) is 28.3 Å². The largest absolute Gasteiger partial charge is 0.443 e. The molecule has 80 valence electrons. The van der Waals surface area contributed by atoms with E-state index in [0.717, 1.165) is 14.6 Å². The SMILES string of the molecule is NCCn1cc(Oc2ccc(Br)s2)cn1. The zero-order valence-corrected chi connectivity index (χ0v) is 10.3. The number of nitrogens with two attached hydrogens (primary N) is 1. The molecule has 4 nitrogen and oxygen atoms in total. The molecule has 2 rings (SSSR count). The molecule has 0 aliphatic rings. The molecule has 0 bridgehead atoms. The highest BCUT2D eigenvalue weighted by atomic mass is 79.9. The van der Waals surface area contributed by atoms with Gasteiger partial charge in [0.05, 0.1) is 22.7 Å². The maximum atomic E-state index is 5.59. The van der Waals surface area contributed by atoms with Crippen molar-refractivity contribution in [1.82, 2.24) is 9.78 Å². The fraction of sp³-hybridized carbons (Fsp3) is 0.222. The monoisotopic (exact) mass is 287 g/mol. The minimum Gasteiger partial charge on any atom is -0.443 e. The van der Waals surface area contributed by atoms with Crippen LogP contribution in [0.2, 0.25) is 0 Å². The maximum Gasteiger partial charge on any atom is 0.182 e. The lowest BCUT2D eigenvalue weighted by molar-refractivity contribution is 0.494. The summed E-state index contributed by atoms with van der Waals surface area (Å²) in [5, 5.41) is 4.96. The summed E-state index contributed by atoms with van der Waals surface area (Å²) in [5.74, 6) is 0.734. The highest BCUT2D eigenvalue weighted by Gasteiger charge is 2.03. The molecule has 2 N–H and O–H groups in total. The summed E-state index contributed by atoms with van der Waals surface area (Å²) >= 11 is 4.91. The summed E-state index contributed by atoms with van der Waals surface area (Å²) in [5.41, 5.74) is 5.42. The molecular formula is C9H10BrN3OS. The third-order valence-electron chi connectivity index (χ3n) is 1.73. The van der Waals surface area contributed by atoms with Gasteiger partial charge in [-0.15, -0.1) is 0 Å². The predicted octanol–water partition coefficient (Wildman–Crippen LogP) is 2.46. The second kappa shape index (κ2) is 4.78. The highest BCUT2D eigenvalue weighted by Crippen LogP contribution is 2.32. The van der Waals surface area contributed by atoms with Gasteiger partial charge in [0.25, 0.3) is 0 Å². The molecule has 2 aromatic heterocycles. The Labute approximate surface area is 99.8 Å². The first kappa shape index (κ1) is 10.7. The number of nitrogens with zero attached hydrogens (tertiary/aromatic N) is 2. The molecule has 0 aliphatic carbocycles. The van der Waals surface area contributed by atoms with Crippen LogP contribution in [-0.4, -0.2) is 16.3 Å². The fourth-order valence-corrected chi connectivity index (χ4v) is 2.33. The molecule has 0 saturated heterocycles. The van der Waals surface area contributed by atoms with E-state index in [1.807, 2.05) is 18.3 Å². The van der Waals surface area contributed by atoms with Gasteiger partial charge in [0, 0.05) is 6.54 Å². The van der Waals surface area contributed by atoms with Crippen LogP contribution in [0.4, 0.5) is 0 Å². The van der Waals surface area contributed by atoms with Crippen LogP contribution in [0, 0.1) is 0 Å². The number of hydrogen-bond acceptors (Lipinski definition) is 4. The Morgan fingerprint density at radius 2 is 2.40 bits per heavy atom. The second-order valence-electron chi connectivity index (χ2n) is 2.89. The van der Waals surface area contributed by atoms with Crippen molar-refractivity contribution < 1.29 is 4.74 Å². The average Bonchev–Trinajstić information content (AvgIpc) is 2.78. The zero-order valence-electron chi connectivity index (χ0n) is 7.89. The molecule has 0 aromatic carbocycles. The molecule has 0 radical (unpaired) electrons. The lowest BCUT2D eigenvalue weighted by atomic mass is 10.6. The number of hydrogen-bond donors (Lipinski definition) is 1. The van der Waals surface area contributed by atoms with E-state index in [9.17, 15) is 0 Å².